The number of fused-ring (bicyclic) bond motifs is 3. The van der Waals surface area contributed by atoms with Gasteiger partial charge in [-0.05, 0) is 67.6 Å². The Bertz CT molecular complexity index is 749. The van der Waals surface area contributed by atoms with Crippen LogP contribution in [-0.4, -0.2) is 40.5 Å². The van der Waals surface area contributed by atoms with Gasteiger partial charge in [-0.2, -0.15) is 0 Å². The van der Waals surface area contributed by atoms with E-state index in [-0.39, 0.29) is 23.9 Å². The van der Waals surface area contributed by atoms with Gasteiger partial charge in [-0.3, -0.25) is 9.69 Å². The van der Waals surface area contributed by atoms with Crippen LogP contribution in [0.15, 0.2) is 23.7 Å². The highest BCUT2D eigenvalue weighted by Gasteiger charge is 2.60. The number of hydrogen-bond acceptors (Lipinski definition) is 4. The third-order valence-electron chi connectivity index (χ3n) is 5.84. The van der Waals surface area contributed by atoms with Crippen molar-refractivity contribution >= 4 is 39.7 Å². The first-order chi connectivity index (χ1) is 10.8. The molecular weight excluding hydrogens is 330 g/mol. The molecule has 6 heteroatoms. The van der Waals surface area contributed by atoms with Crippen LogP contribution in [0.4, 0.5) is 0 Å². The van der Waals surface area contributed by atoms with E-state index in [2.05, 4.69) is 21.3 Å². The number of amides is 1. The number of nitrogens with zero attached hydrogens (tertiary/aromatic N) is 2. The summed E-state index contributed by atoms with van der Waals surface area (Å²) in [6, 6.07) is 4.29. The molecule has 5 heterocycles. The molecule has 0 unspecified atom stereocenters. The molecule has 3 aliphatic heterocycles. The van der Waals surface area contributed by atoms with Gasteiger partial charge in [0.2, 0.25) is 0 Å². The maximum atomic E-state index is 12.7. The van der Waals surface area contributed by atoms with E-state index in [1.807, 2.05) is 17.6 Å². The summed E-state index contributed by atoms with van der Waals surface area (Å²) < 4.78 is 1.14. The van der Waals surface area contributed by atoms with Gasteiger partial charge in [0, 0.05) is 11.7 Å². The van der Waals surface area contributed by atoms with E-state index in [1.54, 1.807) is 11.3 Å². The minimum Gasteiger partial charge on any atom is -0.346 e. The number of carbonyl (C=O) groups excluding carboxylic acids is 1. The molecule has 1 spiro atoms. The molecule has 1 atom stereocenters. The van der Waals surface area contributed by atoms with E-state index >= 15 is 0 Å². The second-order valence-corrected chi connectivity index (χ2v) is 7.85. The number of nitrogens with one attached hydrogen (secondary N) is 1. The number of hydrogen-bond donors (Lipinski definition) is 1. The highest BCUT2D eigenvalue weighted by atomic mass is 35.5. The van der Waals surface area contributed by atoms with E-state index in [9.17, 15) is 4.79 Å². The van der Waals surface area contributed by atoms with Gasteiger partial charge in [0.1, 0.15) is 5.69 Å². The Labute approximate surface area is 145 Å². The largest absolute Gasteiger partial charge is 0.346 e. The summed E-state index contributed by atoms with van der Waals surface area (Å²) in [7, 11) is 0. The third-order valence-corrected chi connectivity index (χ3v) is 6.71. The van der Waals surface area contributed by atoms with Gasteiger partial charge in [-0.15, -0.1) is 23.7 Å². The Morgan fingerprint density at radius 1 is 1.35 bits per heavy atom. The minimum absolute atomic E-state index is 0. The zero-order valence-corrected chi connectivity index (χ0v) is 14.5. The van der Waals surface area contributed by atoms with Gasteiger partial charge >= 0.3 is 0 Å². The van der Waals surface area contributed by atoms with Crippen molar-refractivity contribution in [3.63, 3.8) is 0 Å². The van der Waals surface area contributed by atoms with Crippen molar-refractivity contribution in [3.8, 4) is 0 Å². The van der Waals surface area contributed by atoms with Crippen LogP contribution >= 0.6 is 23.7 Å². The molecule has 4 aliphatic rings. The lowest BCUT2D eigenvalue weighted by Gasteiger charge is -2.52. The van der Waals surface area contributed by atoms with Crippen LogP contribution in [0.1, 0.15) is 36.2 Å². The summed E-state index contributed by atoms with van der Waals surface area (Å²) in [4.78, 5) is 19.7. The zero-order chi connectivity index (χ0) is 14.7. The Kier molecular flexibility index (Phi) is 3.63. The first-order valence-corrected chi connectivity index (χ1v) is 9.03. The van der Waals surface area contributed by atoms with Gasteiger partial charge < -0.3 is 5.32 Å². The molecule has 2 bridgehead atoms. The topological polar surface area (TPSA) is 45.2 Å². The standard InChI is InChI=1S/C17H19N3OS.ClH/c21-16(13-9-12-3-8-22-14(12)10-18-13)19-15-11-1-6-20(7-2-11)17(15)4-5-17;/h3,8-11,15H,1-2,4-7H2,(H,19,21);1H/t15-;/m1./s1. The fourth-order valence-corrected chi connectivity index (χ4v) is 5.27. The number of piperidine rings is 3. The van der Waals surface area contributed by atoms with Gasteiger partial charge in [-0.1, -0.05) is 0 Å². The van der Waals surface area contributed by atoms with Gasteiger partial charge in [0.25, 0.3) is 5.91 Å². The first-order valence-electron chi connectivity index (χ1n) is 8.15. The van der Waals surface area contributed by atoms with Crippen molar-refractivity contribution in [3.05, 3.63) is 29.4 Å². The third kappa shape index (κ3) is 2.29. The normalized spacial score (nSPS) is 30.2. The van der Waals surface area contributed by atoms with Crippen molar-refractivity contribution in [2.24, 2.45) is 5.92 Å². The van der Waals surface area contributed by atoms with Crippen molar-refractivity contribution in [1.82, 2.24) is 15.2 Å². The van der Waals surface area contributed by atoms with E-state index in [0.29, 0.717) is 17.7 Å². The molecule has 4 nitrogen and oxygen atoms in total. The Morgan fingerprint density at radius 3 is 2.87 bits per heavy atom. The molecular formula is C17H20ClN3OS. The average Bonchev–Trinajstić information content (AvgIpc) is 3.18. The molecule has 0 aromatic carbocycles. The van der Waals surface area contributed by atoms with Crippen molar-refractivity contribution < 1.29 is 4.79 Å². The number of thiophene rings is 1. The smallest absolute Gasteiger partial charge is 0.270 e. The summed E-state index contributed by atoms with van der Waals surface area (Å²) in [6.07, 6.45) is 6.75. The Morgan fingerprint density at radius 2 is 2.13 bits per heavy atom. The summed E-state index contributed by atoms with van der Waals surface area (Å²) in [5, 5.41) is 6.49. The lowest BCUT2D eigenvalue weighted by atomic mass is 9.77. The van der Waals surface area contributed by atoms with Crippen LogP contribution in [-0.2, 0) is 0 Å². The molecule has 4 fully saturated rings. The lowest BCUT2D eigenvalue weighted by Crippen LogP contribution is -2.65. The number of carbonyl (C=O) groups is 1. The molecule has 3 saturated heterocycles. The van der Waals surface area contributed by atoms with Crippen LogP contribution in [0.2, 0.25) is 0 Å². The van der Waals surface area contributed by atoms with Crippen LogP contribution in [0.5, 0.6) is 0 Å². The van der Waals surface area contributed by atoms with Crippen molar-refractivity contribution in [2.45, 2.75) is 37.3 Å². The quantitative estimate of drug-likeness (QED) is 0.906. The second-order valence-electron chi connectivity index (χ2n) is 6.91. The number of pyridine rings is 1. The highest BCUT2D eigenvalue weighted by Crippen LogP contribution is 2.53. The minimum atomic E-state index is -0.00174. The van der Waals surface area contributed by atoms with Crippen LogP contribution in [0.3, 0.4) is 0 Å². The lowest BCUT2D eigenvalue weighted by molar-refractivity contribution is -0.00152. The molecule has 6 rings (SSSR count). The molecule has 1 amide bonds. The summed E-state index contributed by atoms with van der Waals surface area (Å²) >= 11 is 1.66. The SMILES string of the molecule is Cl.O=C(N[C@@H]1C2CCN(CC2)C12CC2)c1cc2ccsc2cn1. The molecule has 1 aliphatic carbocycles. The molecule has 23 heavy (non-hydrogen) atoms. The highest BCUT2D eigenvalue weighted by molar-refractivity contribution is 7.17. The maximum absolute atomic E-state index is 12.7. The van der Waals surface area contributed by atoms with Gasteiger partial charge in [0.05, 0.1) is 10.7 Å². The average molecular weight is 350 g/mol. The van der Waals surface area contributed by atoms with Crippen LogP contribution in [0.25, 0.3) is 10.1 Å². The van der Waals surface area contributed by atoms with Crippen LogP contribution < -0.4 is 5.32 Å². The molecule has 1 N–H and O–H groups in total. The summed E-state index contributed by atoms with van der Waals surface area (Å²) in [6.45, 7) is 2.44. The van der Waals surface area contributed by atoms with E-state index in [4.69, 9.17) is 0 Å². The fourth-order valence-electron chi connectivity index (χ4n) is 4.53. The molecule has 122 valence electrons. The predicted molar refractivity (Wildman–Crippen MR) is 94.4 cm³/mol. The predicted octanol–water partition coefficient (Wildman–Crippen LogP) is 3.07. The van der Waals surface area contributed by atoms with E-state index in [0.717, 1.165) is 10.1 Å². The number of halogens is 1. The van der Waals surface area contributed by atoms with Crippen molar-refractivity contribution in [2.75, 3.05) is 13.1 Å². The van der Waals surface area contributed by atoms with Crippen molar-refractivity contribution in [1.29, 1.82) is 0 Å². The van der Waals surface area contributed by atoms with Gasteiger partial charge in [-0.25, -0.2) is 4.98 Å². The fraction of sp³-hybridized carbons (Fsp3) is 0.529. The molecule has 2 aromatic rings. The van der Waals surface area contributed by atoms with E-state index in [1.165, 1.54) is 38.8 Å². The molecule has 1 saturated carbocycles. The number of rotatable bonds is 2. The Balaban J connectivity index is 0.00000135. The first kappa shape index (κ1) is 15.4. The van der Waals surface area contributed by atoms with Gasteiger partial charge in [0.15, 0.2) is 0 Å². The van der Waals surface area contributed by atoms with E-state index < -0.39 is 0 Å². The summed E-state index contributed by atoms with van der Waals surface area (Å²) in [5.41, 5.74) is 0.835. The molecule has 2 aromatic heterocycles. The second kappa shape index (κ2) is 5.43. The van der Waals surface area contributed by atoms with Crippen LogP contribution in [0, 0.1) is 5.92 Å². The zero-order valence-electron chi connectivity index (χ0n) is 12.8. The molecule has 0 radical (unpaired) electrons. The monoisotopic (exact) mass is 349 g/mol. The Hall–Kier alpha value is -1.17. The number of aromatic nitrogens is 1. The maximum Gasteiger partial charge on any atom is 0.270 e. The summed E-state index contributed by atoms with van der Waals surface area (Å²) in [5.74, 6) is 0.652.